The van der Waals surface area contributed by atoms with E-state index in [1.165, 1.54) is 48.4 Å². The van der Waals surface area contributed by atoms with Gasteiger partial charge in [0, 0.05) is 26.2 Å². The molecule has 178 valence electrons. The van der Waals surface area contributed by atoms with Crippen LogP contribution < -0.4 is 10.1 Å². The van der Waals surface area contributed by atoms with Gasteiger partial charge in [-0.2, -0.15) is 4.31 Å². The van der Waals surface area contributed by atoms with Crippen molar-refractivity contribution in [2.45, 2.75) is 50.1 Å². The van der Waals surface area contributed by atoms with Gasteiger partial charge in [0.15, 0.2) is 0 Å². The first kappa shape index (κ1) is 23.7. The molecule has 2 saturated heterocycles. The van der Waals surface area contributed by atoms with E-state index >= 15 is 0 Å². The number of carbonyl (C=O) groups is 1. The lowest BCUT2D eigenvalue weighted by Crippen LogP contribution is -2.30. The molecule has 2 aromatic rings. The fourth-order valence-electron chi connectivity index (χ4n) is 4.62. The summed E-state index contributed by atoms with van der Waals surface area (Å²) < 4.78 is 32.8. The molecule has 33 heavy (non-hydrogen) atoms. The summed E-state index contributed by atoms with van der Waals surface area (Å²) in [5.41, 5.74) is 2.50. The van der Waals surface area contributed by atoms with E-state index in [1.807, 2.05) is 18.2 Å². The van der Waals surface area contributed by atoms with Crippen LogP contribution in [0.15, 0.2) is 47.4 Å². The van der Waals surface area contributed by atoms with E-state index in [1.54, 1.807) is 6.07 Å². The van der Waals surface area contributed by atoms with Gasteiger partial charge in [0.05, 0.1) is 17.6 Å². The summed E-state index contributed by atoms with van der Waals surface area (Å²) >= 11 is 0. The smallest absolute Gasteiger partial charge is 0.255 e. The molecular weight excluding hydrogens is 438 g/mol. The normalized spacial score (nSPS) is 17.7. The molecule has 7 nitrogen and oxygen atoms in total. The minimum Gasteiger partial charge on any atom is -0.496 e. The van der Waals surface area contributed by atoms with Gasteiger partial charge < -0.3 is 10.1 Å². The highest BCUT2D eigenvalue weighted by atomic mass is 32.2. The number of sulfonamides is 1. The number of ether oxygens (including phenoxy) is 1. The monoisotopic (exact) mass is 471 g/mol. The molecule has 2 aromatic carbocycles. The second-order valence-electron chi connectivity index (χ2n) is 8.76. The number of hydrogen-bond acceptors (Lipinski definition) is 5. The number of benzene rings is 2. The van der Waals surface area contributed by atoms with Crippen LogP contribution in [-0.4, -0.2) is 56.8 Å². The van der Waals surface area contributed by atoms with E-state index in [9.17, 15) is 13.2 Å². The van der Waals surface area contributed by atoms with Gasteiger partial charge >= 0.3 is 0 Å². The van der Waals surface area contributed by atoms with E-state index in [4.69, 9.17) is 4.74 Å². The van der Waals surface area contributed by atoms with Gasteiger partial charge in [0.2, 0.25) is 10.0 Å². The van der Waals surface area contributed by atoms with Crippen LogP contribution in [0.1, 0.15) is 53.6 Å². The largest absolute Gasteiger partial charge is 0.496 e. The minimum atomic E-state index is -3.62. The molecule has 0 bridgehead atoms. The SMILES string of the molecule is COc1ccc(S(=O)(=O)N2CCCC2)cc1C(=O)NCc1ccccc1CN1CCCCC1. The Hall–Kier alpha value is -2.42. The molecule has 0 spiro atoms. The number of hydrogen-bond donors (Lipinski definition) is 1. The molecule has 8 heteroatoms. The van der Waals surface area contributed by atoms with Crippen molar-refractivity contribution in [3.63, 3.8) is 0 Å². The maximum atomic E-state index is 13.1. The molecule has 1 amide bonds. The van der Waals surface area contributed by atoms with Crippen LogP contribution >= 0.6 is 0 Å². The van der Waals surface area contributed by atoms with Gasteiger partial charge in [0.1, 0.15) is 5.75 Å². The van der Waals surface area contributed by atoms with Gasteiger partial charge in [0.25, 0.3) is 5.91 Å². The standard InChI is InChI=1S/C25H33N3O4S/c1-32-24-12-11-22(33(30,31)28-15-7-8-16-28)17-23(24)25(29)26-18-20-9-3-4-10-21(20)19-27-13-5-2-6-14-27/h3-4,9-12,17H,2,5-8,13-16,18-19H2,1H3,(H,26,29). The average molecular weight is 472 g/mol. The lowest BCUT2D eigenvalue weighted by atomic mass is 10.0. The van der Waals surface area contributed by atoms with Gasteiger partial charge in [-0.25, -0.2) is 8.42 Å². The van der Waals surface area contributed by atoms with Crippen molar-refractivity contribution in [2.24, 2.45) is 0 Å². The molecule has 0 aromatic heterocycles. The Morgan fingerprint density at radius 3 is 2.30 bits per heavy atom. The molecule has 0 atom stereocenters. The summed E-state index contributed by atoms with van der Waals surface area (Å²) in [6.45, 7) is 4.49. The lowest BCUT2D eigenvalue weighted by molar-refractivity contribution is 0.0947. The third kappa shape index (κ3) is 5.57. The van der Waals surface area contributed by atoms with Gasteiger partial charge in [-0.05, 0) is 68.1 Å². The van der Waals surface area contributed by atoms with E-state index in [2.05, 4.69) is 16.3 Å². The number of likely N-dealkylation sites (tertiary alicyclic amines) is 1. The fourth-order valence-corrected chi connectivity index (χ4v) is 6.16. The molecule has 2 fully saturated rings. The van der Waals surface area contributed by atoms with E-state index in [0.29, 0.717) is 25.4 Å². The molecular formula is C25H33N3O4S. The zero-order chi connectivity index (χ0) is 23.3. The minimum absolute atomic E-state index is 0.126. The number of rotatable bonds is 8. The quantitative estimate of drug-likeness (QED) is 0.639. The topological polar surface area (TPSA) is 79.0 Å². The zero-order valence-corrected chi connectivity index (χ0v) is 20.1. The van der Waals surface area contributed by atoms with Crippen LogP contribution in [-0.2, 0) is 23.1 Å². The first-order valence-corrected chi connectivity index (χ1v) is 13.2. The second kappa shape index (κ2) is 10.7. The van der Waals surface area contributed by atoms with Crippen molar-refractivity contribution >= 4 is 15.9 Å². The highest BCUT2D eigenvalue weighted by Crippen LogP contribution is 2.27. The van der Waals surface area contributed by atoms with Gasteiger partial charge in [-0.15, -0.1) is 0 Å². The third-order valence-electron chi connectivity index (χ3n) is 6.52. The highest BCUT2D eigenvalue weighted by molar-refractivity contribution is 7.89. The Labute approximate surface area is 196 Å². The van der Waals surface area contributed by atoms with E-state index < -0.39 is 10.0 Å². The van der Waals surface area contributed by atoms with Crippen molar-refractivity contribution in [3.8, 4) is 5.75 Å². The summed E-state index contributed by atoms with van der Waals surface area (Å²) in [5, 5.41) is 2.97. The van der Waals surface area contributed by atoms with Crippen LogP contribution in [0.3, 0.4) is 0 Å². The van der Waals surface area contributed by atoms with Crippen LogP contribution in [0.2, 0.25) is 0 Å². The summed E-state index contributed by atoms with van der Waals surface area (Å²) in [7, 11) is -2.14. The van der Waals surface area contributed by atoms with Crippen molar-refractivity contribution in [1.82, 2.24) is 14.5 Å². The molecule has 0 aliphatic carbocycles. The second-order valence-corrected chi connectivity index (χ2v) is 10.7. The van der Waals surface area contributed by atoms with Gasteiger partial charge in [-0.3, -0.25) is 9.69 Å². The lowest BCUT2D eigenvalue weighted by Gasteiger charge is -2.27. The van der Waals surface area contributed by atoms with Crippen LogP contribution in [0.4, 0.5) is 0 Å². The molecule has 4 rings (SSSR count). The predicted molar refractivity (Wildman–Crippen MR) is 128 cm³/mol. The summed E-state index contributed by atoms with van der Waals surface area (Å²) in [6, 6.07) is 12.6. The summed E-state index contributed by atoms with van der Waals surface area (Å²) in [6.07, 6.45) is 5.48. The Kier molecular flexibility index (Phi) is 7.67. The molecule has 0 unspecified atom stereocenters. The maximum Gasteiger partial charge on any atom is 0.255 e. The highest BCUT2D eigenvalue weighted by Gasteiger charge is 2.28. The molecule has 0 saturated carbocycles. The number of methoxy groups -OCH3 is 1. The fraction of sp³-hybridized carbons (Fsp3) is 0.480. The molecule has 0 radical (unpaired) electrons. The van der Waals surface area contributed by atoms with Crippen molar-refractivity contribution < 1.29 is 17.9 Å². The Balaban J connectivity index is 1.49. The first-order valence-electron chi connectivity index (χ1n) is 11.7. The van der Waals surface area contributed by atoms with E-state index in [0.717, 1.165) is 38.0 Å². The van der Waals surface area contributed by atoms with Crippen LogP contribution in [0, 0.1) is 0 Å². The summed E-state index contributed by atoms with van der Waals surface area (Å²) in [5.74, 6) is 0.00701. The third-order valence-corrected chi connectivity index (χ3v) is 8.41. The van der Waals surface area contributed by atoms with Crippen molar-refractivity contribution in [3.05, 3.63) is 59.2 Å². The Morgan fingerprint density at radius 1 is 0.939 bits per heavy atom. The number of amides is 1. The molecule has 2 heterocycles. The number of nitrogens with one attached hydrogen (secondary N) is 1. The Morgan fingerprint density at radius 2 is 1.61 bits per heavy atom. The van der Waals surface area contributed by atoms with Gasteiger partial charge in [-0.1, -0.05) is 30.7 Å². The number of carbonyl (C=O) groups excluding carboxylic acids is 1. The maximum absolute atomic E-state index is 13.1. The molecule has 2 aliphatic rings. The van der Waals surface area contributed by atoms with Crippen LogP contribution in [0.25, 0.3) is 0 Å². The van der Waals surface area contributed by atoms with Crippen molar-refractivity contribution in [1.29, 1.82) is 0 Å². The predicted octanol–water partition coefficient (Wildman–Crippen LogP) is 3.40. The van der Waals surface area contributed by atoms with Crippen molar-refractivity contribution in [2.75, 3.05) is 33.3 Å². The molecule has 1 N–H and O–H groups in total. The zero-order valence-electron chi connectivity index (χ0n) is 19.3. The number of nitrogens with zero attached hydrogens (tertiary/aromatic N) is 2. The average Bonchev–Trinajstić information content (AvgIpc) is 3.39. The molecule has 2 aliphatic heterocycles. The summed E-state index contributed by atoms with van der Waals surface area (Å²) in [4.78, 5) is 15.7. The van der Waals surface area contributed by atoms with E-state index in [-0.39, 0.29) is 16.4 Å². The first-order chi connectivity index (χ1) is 16.0. The van der Waals surface area contributed by atoms with Crippen LogP contribution in [0.5, 0.6) is 5.75 Å². The number of piperidine rings is 1. The Bertz CT molecular complexity index is 1070.